The second kappa shape index (κ2) is 6.42. The van der Waals surface area contributed by atoms with E-state index in [1.54, 1.807) is 0 Å². The van der Waals surface area contributed by atoms with Crippen LogP contribution < -0.4 is 5.32 Å². The summed E-state index contributed by atoms with van der Waals surface area (Å²) in [6, 6.07) is 14.1. The predicted octanol–water partition coefficient (Wildman–Crippen LogP) is 5.00. The summed E-state index contributed by atoms with van der Waals surface area (Å²) in [5.74, 6) is 0. The molecule has 0 bridgehead atoms. The minimum atomic E-state index is 0.0658. The van der Waals surface area contributed by atoms with Gasteiger partial charge in [-0.3, -0.25) is 0 Å². The van der Waals surface area contributed by atoms with Crippen LogP contribution in [0.4, 0.5) is 0 Å². The van der Waals surface area contributed by atoms with Crippen LogP contribution in [0.25, 0.3) is 0 Å². The van der Waals surface area contributed by atoms with E-state index in [-0.39, 0.29) is 6.04 Å². The van der Waals surface area contributed by atoms with E-state index in [0.29, 0.717) is 5.02 Å². The molecule has 19 heavy (non-hydrogen) atoms. The van der Waals surface area contributed by atoms with Crippen molar-refractivity contribution in [2.45, 2.75) is 19.9 Å². The first-order chi connectivity index (χ1) is 9.11. The van der Waals surface area contributed by atoms with Crippen LogP contribution in [-0.4, -0.2) is 6.54 Å². The zero-order valence-corrected chi connectivity index (χ0v) is 12.6. The molecule has 0 aromatic heterocycles. The van der Waals surface area contributed by atoms with Crippen LogP contribution >= 0.6 is 23.2 Å². The highest BCUT2D eigenvalue weighted by Gasteiger charge is 2.16. The molecular formula is C16H17Cl2N. The Morgan fingerprint density at radius 3 is 2.58 bits per heavy atom. The number of nitrogens with one attached hydrogen (secondary N) is 1. The SMILES string of the molecule is CCNC(c1cccc(C)c1)c1cc(Cl)ccc1Cl. The summed E-state index contributed by atoms with van der Waals surface area (Å²) in [5, 5.41) is 4.90. The quantitative estimate of drug-likeness (QED) is 0.836. The molecule has 0 heterocycles. The molecular weight excluding hydrogens is 277 g/mol. The third-order valence-electron chi connectivity index (χ3n) is 3.05. The summed E-state index contributed by atoms with van der Waals surface area (Å²) in [6.45, 7) is 5.04. The number of aryl methyl sites for hydroxylation is 1. The van der Waals surface area contributed by atoms with Gasteiger partial charge in [0.1, 0.15) is 0 Å². The molecule has 1 nitrogen and oxygen atoms in total. The summed E-state index contributed by atoms with van der Waals surface area (Å²) < 4.78 is 0. The average Bonchev–Trinajstić information content (AvgIpc) is 2.39. The molecule has 2 rings (SSSR count). The largest absolute Gasteiger partial charge is 0.306 e. The first kappa shape index (κ1) is 14.4. The molecule has 0 amide bonds. The van der Waals surface area contributed by atoms with Gasteiger partial charge in [0, 0.05) is 10.0 Å². The zero-order chi connectivity index (χ0) is 13.8. The fraction of sp³-hybridized carbons (Fsp3) is 0.250. The summed E-state index contributed by atoms with van der Waals surface area (Å²) in [6.07, 6.45) is 0. The number of halogens is 2. The smallest absolute Gasteiger partial charge is 0.0592 e. The molecule has 0 aliphatic heterocycles. The van der Waals surface area contributed by atoms with Gasteiger partial charge in [-0.25, -0.2) is 0 Å². The van der Waals surface area contributed by atoms with Gasteiger partial charge >= 0.3 is 0 Å². The van der Waals surface area contributed by atoms with E-state index in [0.717, 1.165) is 17.1 Å². The van der Waals surface area contributed by atoms with Crippen molar-refractivity contribution in [3.8, 4) is 0 Å². The third-order valence-corrected chi connectivity index (χ3v) is 3.63. The van der Waals surface area contributed by atoms with E-state index in [4.69, 9.17) is 23.2 Å². The van der Waals surface area contributed by atoms with Crippen molar-refractivity contribution >= 4 is 23.2 Å². The van der Waals surface area contributed by atoms with Gasteiger partial charge in [0.25, 0.3) is 0 Å². The number of hydrogen-bond donors (Lipinski definition) is 1. The van der Waals surface area contributed by atoms with Crippen LogP contribution in [0.3, 0.4) is 0 Å². The van der Waals surface area contributed by atoms with Gasteiger partial charge in [0.05, 0.1) is 6.04 Å². The van der Waals surface area contributed by atoms with Crippen molar-refractivity contribution in [3.63, 3.8) is 0 Å². The van der Waals surface area contributed by atoms with Gasteiger partial charge in [-0.1, -0.05) is 60.0 Å². The monoisotopic (exact) mass is 293 g/mol. The molecule has 0 aliphatic rings. The Balaban J connectivity index is 2.48. The third kappa shape index (κ3) is 3.50. The van der Waals surface area contributed by atoms with Crippen molar-refractivity contribution in [1.82, 2.24) is 5.32 Å². The van der Waals surface area contributed by atoms with Gasteiger partial charge in [-0.2, -0.15) is 0 Å². The molecule has 1 atom stereocenters. The van der Waals surface area contributed by atoms with Crippen LogP contribution in [0.1, 0.15) is 29.7 Å². The number of hydrogen-bond acceptors (Lipinski definition) is 1. The van der Waals surface area contributed by atoms with E-state index < -0.39 is 0 Å². The number of rotatable bonds is 4. The molecule has 2 aromatic rings. The Kier molecular flexibility index (Phi) is 4.87. The lowest BCUT2D eigenvalue weighted by Crippen LogP contribution is -2.22. The molecule has 2 aromatic carbocycles. The van der Waals surface area contributed by atoms with E-state index in [1.807, 2.05) is 18.2 Å². The highest BCUT2D eigenvalue weighted by molar-refractivity contribution is 6.33. The Hall–Kier alpha value is -1.02. The summed E-state index contributed by atoms with van der Waals surface area (Å²) in [7, 11) is 0. The molecule has 0 saturated carbocycles. The fourth-order valence-corrected chi connectivity index (χ4v) is 2.60. The Labute approximate surface area is 124 Å². The van der Waals surface area contributed by atoms with Crippen LogP contribution in [0, 0.1) is 6.92 Å². The summed E-state index contributed by atoms with van der Waals surface area (Å²) in [5.41, 5.74) is 3.45. The summed E-state index contributed by atoms with van der Waals surface area (Å²) >= 11 is 12.4. The highest BCUT2D eigenvalue weighted by atomic mass is 35.5. The maximum atomic E-state index is 6.32. The molecule has 0 saturated heterocycles. The topological polar surface area (TPSA) is 12.0 Å². The van der Waals surface area contributed by atoms with Crippen molar-refractivity contribution in [3.05, 3.63) is 69.2 Å². The Bertz CT molecular complexity index is 566. The van der Waals surface area contributed by atoms with E-state index in [1.165, 1.54) is 11.1 Å². The minimum absolute atomic E-state index is 0.0658. The second-order valence-electron chi connectivity index (χ2n) is 4.57. The average molecular weight is 294 g/mol. The highest BCUT2D eigenvalue weighted by Crippen LogP contribution is 2.30. The first-order valence-corrected chi connectivity index (χ1v) is 7.12. The van der Waals surface area contributed by atoms with Gasteiger partial charge in [0.15, 0.2) is 0 Å². The van der Waals surface area contributed by atoms with Crippen LogP contribution in [-0.2, 0) is 0 Å². The molecule has 0 spiro atoms. The van der Waals surface area contributed by atoms with E-state index in [2.05, 4.69) is 43.4 Å². The first-order valence-electron chi connectivity index (χ1n) is 6.36. The van der Waals surface area contributed by atoms with Crippen molar-refractivity contribution in [1.29, 1.82) is 0 Å². The lowest BCUT2D eigenvalue weighted by Gasteiger charge is -2.21. The number of benzene rings is 2. The van der Waals surface area contributed by atoms with Gasteiger partial charge in [0.2, 0.25) is 0 Å². The molecule has 100 valence electrons. The maximum Gasteiger partial charge on any atom is 0.0592 e. The molecule has 3 heteroatoms. The van der Waals surface area contributed by atoms with Gasteiger partial charge in [-0.15, -0.1) is 0 Å². The van der Waals surface area contributed by atoms with Crippen LogP contribution in [0.5, 0.6) is 0 Å². The zero-order valence-electron chi connectivity index (χ0n) is 11.1. The fourth-order valence-electron chi connectivity index (χ4n) is 2.20. The molecule has 0 aliphatic carbocycles. The normalized spacial score (nSPS) is 12.4. The van der Waals surface area contributed by atoms with Crippen molar-refractivity contribution < 1.29 is 0 Å². The molecule has 1 unspecified atom stereocenters. The lowest BCUT2D eigenvalue weighted by atomic mass is 9.97. The second-order valence-corrected chi connectivity index (χ2v) is 5.41. The van der Waals surface area contributed by atoms with Gasteiger partial charge in [-0.05, 0) is 42.8 Å². The van der Waals surface area contributed by atoms with Crippen molar-refractivity contribution in [2.75, 3.05) is 6.54 Å². The molecule has 0 radical (unpaired) electrons. The van der Waals surface area contributed by atoms with Crippen LogP contribution in [0.15, 0.2) is 42.5 Å². The Morgan fingerprint density at radius 2 is 1.89 bits per heavy atom. The minimum Gasteiger partial charge on any atom is -0.306 e. The predicted molar refractivity (Wildman–Crippen MR) is 83.2 cm³/mol. The maximum absolute atomic E-state index is 6.32. The Morgan fingerprint density at radius 1 is 1.11 bits per heavy atom. The van der Waals surface area contributed by atoms with E-state index >= 15 is 0 Å². The van der Waals surface area contributed by atoms with Crippen LogP contribution in [0.2, 0.25) is 10.0 Å². The van der Waals surface area contributed by atoms with Gasteiger partial charge < -0.3 is 5.32 Å². The standard InChI is InChI=1S/C16H17Cl2N/c1-3-19-16(12-6-4-5-11(2)9-12)14-10-13(17)7-8-15(14)18/h4-10,16,19H,3H2,1-2H3. The molecule has 1 N–H and O–H groups in total. The van der Waals surface area contributed by atoms with Crippen molar-refractivity contribution in [2.24, 2.45) is 0 Å². The molecule has 0 fully saturated rings. The summed E-state index contributed by atoms with van der Waals surface area (Å²) in [4.78, 5) is 0. The lowest BCUT2D eigenvalue weighted by molar-refractivity contribution is 0.630. The van der Waals surface area contributed by atoms with E-state index in [9.17, 15) is 0 Å².